The standard InChI is InChI=1S/C41H81O7P/c1-3-5-7-9-11-13-15-17-19-21-22-24-26-28-30-32-34-36-41(42)48-40(39-47-49(43,44)45)38-46-37-35-33-31-29-27-25-23-20-18-16-14-12-10-8-6-4-2/h17,19,40H,3-16,18,20-39H2,1-2H3,(H2,43,44,45)/b19-17-/t40-/m1/s1. The minimum Gasteiger partial charge on any atom is -0.457 e. The van der Waals surface area contributed by atoms with E-state index in [0.29, 0.717) is 13.0 Å². The smallest absolute Gasteiger partial charge is 0.457 e. The van der Waals surface area contributed by atoms with Gasteiger partial charge in [-0.15, -0.1) is 0 Å². The van der Waals surface area contributed by atoms with Gasteiger partial charge in [-0.25, -0.2) is 4.57 Å². The molecule has 0 aromatic rings. The molecule has 0 unspecified atom stereocenters. The summed E-state index contributed by atoms with van der Waals surface area (Å²) in [5.41, 5.74) is 0. The van der Waals surface area contributed by atoms with Gasteiger partial charge in [-0.2, -0.15) is 0 Å². The highest BCUT2D eigenvalue weighted by Gasteiger charge is 2.21. The number of rotatable bonds is 40. The predicted octanol–water partition coefficient (Wildman–Crippen LogP) is 13.1. The normalized spacial score (nSPS) is 12.7. The van der Waals surface area contributed by atoms with Crippen LogP contribution in [0.2, 0.25) is 0 Å². The van der Waals surface area contributed by atoms with Gasteiger partial charge >= 0.3 is 13.8 Å². The van der Waals surface area contributed by atoms with E-state index >= 15 is 0 Å². The van der Waals surface area contributed by atoms with E-state index < -0.39 is 13.9 Å². The lowest BCUT2D eigenvalue weighted by Gasteiger charge is -2.18. The molecule has 0 radical (unpaired) electrons. The van der Waals surface area contributed by atoms with Crippen LogP contribution in [0.15, 0.2) is 12.2 Å². The highest BCUT2D eigenvalue weighted by molar-refractivity contribution is 7.46. The van der Waals surface area contributed by atoms with E-state index in [0.717, 1.165) is 32.1 Å². The van der Waals surface area contributed by atoms with Gasteiger partial charge in [0, 0.05) is 13.0 Å². The Morgan fingerprint density at radius 1 is 0.531 bits per heavy atom. The zero-order valence-electron chi connectivity index (χ0n) is 32.4. The summed E-state index contributed by atoms with van der Waals surface area (Å²) in [6.07, 6.45) is 43.4. The van der Waals surface area contributed by atoms with Crippen molar-refractivity contribution in [3.05, 3.63) is 12.2 Å². The number of ether oxygens (including phenoxy) is 2. The van der Waals surface area contributed by atoms with Gasteiger partial charge in [0.05, 0.1) is 13.2 Å². The Bertz CT molecular complexity index is 754. The van der Waals surface area contributed by atoms with Crippen molar-refractivity contribution in [2.75, 3.05) is 19.8 Å². The van der Waals surface area contributed by atoms with Gasteiger partial charge in [0.2, 0.25) is 0 Å². The van der Waals surface area contributed by atoms with Crippen molar-refractivity contribution in [2.24, 2.45) is 0 Å². The zero-order chi connectivity index (χ0) is 35.9. The molecule has 7 nitrogen and oxygen atoms in total. The molecular weight excluding hydrogens is 635 g/mol. The molecule has 0 saturated carbocycles. The van der Waals surface area contributed by atoms with Crippen molar-refractivity contribution in [2.45, 2.75) is 225 Å². The third-order valence-corrected chi connectivity index (χ3v) is 9.80. The predicted molar refractivity (Wildman–Crippen MR) is 207 cm³/mol. The quantitative estimate of drug-likeness (QED) is 0.0282. The van der Waals surface area contributed by atoms with Crippen LogP contribution in [0.3, 0.4) is 0 Å². The van der Waals surface area contributed by atoms with Gasteiger partial charge in [-0.1, -0.05) is 187 Å². The Hall–Kier alpha value is -0.720. The molecule has 0 spiro atoms. The summed E-state index contributed by atoms with van der Waals surface area (Å²) in [5.74, 6) is -0.363. The lowest BCUT2D eigenvalue weighted by atomic mass is 10.0. The van der Waals surface area contributed by atoms with Gasteiger partial charge in [0.1, 0.15) is 6.10 Å². The number of esters is 1. The fourth-order valence-electron chi connectivity index (χ4n) is 6.20. The van der Waals surface area contributed by atoms with E-state index in [1.807, 2.05) is 0 Å². The lowest BCUT2D eigenvalue weighted by molar-refractivity contribution is -0.154. The Kier molecular flexibility index (Phi) is 37.9. The largest absolute Gasteiger partial charge is 0.469 e. The zero-order valence-corrected chi connectivity index (χ0v) is 33.3. The number of allylic oxidation sites excluding steroid dienone is 2. The molecule has 2 N–H and O–H groups in total. The second-order valence-electron chi connectivity index (χ2n) is 14.3. The highest BCUT2D eigenvalue weighted by atomic mass is 31.2. The monoisotopic (exact) mass is 717 g/mol. The van der Waals surface area contributed by atoms with Crippen molar-refractivity contribution in [3.8, 4) is 0 Å². The maximum atomic E-state index is 12.4. The first-order valence-electron chi connectivity index (χ1n) is 21.0. The molecule has 0 amide bonds. The number of hydrogen-bond donors (Lipinski definition) is 2. The fraction of sp³-hybridized carbons (Fsp3) is 0.927. The molecule has 0 aromatic heterocycles. The molecule has 292 valence electrons. The summed E-state index contributed by atoms with van der Waals surface area (Å²) in [6.45, 7) is 4.78. The molecule has 0 fully saturated rings. The van der Waals surface area contributed by atoms with E-state index in [-0.39, 0.29) is 19.2 Å². The summed E-state index contributed by atoms with van der Waals surface area (Å²) in [6, 6.07) is 0. The molecule has 0 aromatic carbocycles. The number of carbonyl (C=O) groups excluding carboxylic acids is 1. The second kappa shape index (κ2) is 38.5. The molecule has 0 saturated heterocycles. The van der Waals surface area contributed by atoms with Crippen LogP contribution in [0, 0.1) is 0 Å². The molecule has 0 heterocycles. The lowest BCUT2D eigenvalue weighted by Crippen LogP contribution is -2.28. The third-order valence-electron chi connectivity index (χ3n) is 9.32. The number of hydrogen-bond acceptors (Lipinski definition) is 5. The average Bonchev–Trinajstić information content (AvgIpc) is 3.07. The Morgan fingerprint density at radius 3 is 1.31 bits per heavy atom. The number of phosphoric ester groups is 1. The van der Waals surface area contributed by atoms with E-state index in [1.165, 1.54) is 167 Å². The number of unbranched alkanes of at least 4 members (excludes halogenated alkanes) is 28. The summed E-state index contributed by atoms with van der Waals surface area (Å²) in [4.78, 5) is 30.6. The van der Waals surface area contributed by atoms with Crippen LogP contribution >= 0.6 is 7.82 Å². The van der Waals surface area contributed by atoms with Gasteiger partial charge in [-0.05, 0) is 38.5 Å². The molecule has 0 aliphatic heterocycles. The minimum atomic E-state index is -4.65. The number of carbonyl (C=O) groups is 1. The highest BCUT2D eigenvalue weighted by Crippen LogP contribution is 2.36. The van der Waals surface area contributed by atoms with E-state index in [4.69, 9.17) is 19.3 Å². The van der Waals surface area contributed by atoms with Crippen LogP contribution in [0.4, 0.5) is 0 Å². The van der Waals surface area contributed by atoms with E-state index in [1.54, 1.807) is 0 Å². The van der Waals surface area contributed by atoms with Crippen molar-refractivity contribution in [3.63, 3.8) is 0 Å². The summed E-state index contributed by atoms with van der Waals surface area (Å²) >= 11 is 0. The molecule has 0 aliphatic carbocycles. The molecule has 0 bridgehead atoms. The molecular formula is C41H81O7P. The maximum Gasteiger partial charge on any atom is 0.469 e. The second-order valence-corrected chi connectivity index (χ2v) is 15.6. The van der Waals surface area contributed by atoms with Gasteiger partial charge in [-0.3, -0.25) is 9.32 Å². The Balaban J connectivity index is 3.77. The summed E-state index contributed by atoms with van der Waals surface area (Å²) < 4.78 is 27.0. The molecule has 1 atom stereocenters. The van der Waals surface area contributed by atoms with Crippen molar-refractivity contribution < 1.29 is 33.1 Å². The summed E-state index contributed by atoms with van der Waals surface area (Å²) in [5, 5.41) is 0. The maximum absolute atomic E-state index is 12.4. The average molecular weight is 717 g/mol. The van der Waals surface area contributed by atoms with Crippen LogP contribution in [0.25, 0.3) is 0 Å². The molecule has 0 rings (SSSR count). The number of phosphoric acid groups is 1. The van der Waals surface area contributed by atoms with Gasteiger partial charge in [0.25, 0.3) is 0 Å². The van der Waals surface area contributed by atoms with E-state index in [2.05, 4.69) is 30.5 Å². The van der Waals surface area contributed by atoms with Gasteiger partial charge in [0.15, 0.2) is 0 Å². The first kappa shape index (κ1) is 48.3. The molecule has 8 heteroatoms. The van der Waals surface area contributed by atoms with Crippen LogP contribution < -0.4 is 0 Å². The van der Waals surface area contributed by atoms with Gasteiger partial charge < -0.3 is 19.3 Å². The van der Waals surface area contributed by atoms with E-state index in [9.17, 15) is 9.36 Å². The molecule has 49 heavy (non-hydrogen) atoms. The SMILES string of the molecule is CCCCCCCC/C=C\CCCCCCCCCC(=O)O[C@H](COCCCCCCCCCCCCCCCCCC)COP(=O)(O)O. The van der Waals surface area contributed by atoms with Crippen LogP contribution in [-0.4, -0.2) is 41.7 Å². The van der Waals surface area contributed by atoms with Crippen LogP contribution in [-0.2, 0) is 23.4 Å². The first-order chi connectivity index (χ1) is 23.9. The van der Waals surface area contributed by atoms with Crippen molar-refractivity contribution >= 4 is 13.8 Å². The minimum absolute atomic E-state index is 0.0821. The molecule has 0 aliphatic rings. The Labute approximate surface area is 303 Å². The van der Waals surface area contributed by atoms with Crippen LogP contribution in [0.5, 0.6) is 0 Å². The van der Waals surface area contributed by atoms with Crippen molar-refractivity contribution in [1.29, 1.82) is 0 Å². The third kappa shape index (κ3) is 41.6. The first-order valence-corrected chi connectivity index (χ1v) is 22.5. The van der Waals surface area contributed by atoms with Crippen molar-refractivity contribution in [1.82, 2.24) is 0 Å². The van der Waals surface area contributed by atoms with Crippen LogP contribution in [0.1, 0.15) is 219 Å². The Morgan fingerprint density at radius 2 is 0.898 bits per heavy atom. The topological polar surface area (TPSA) is 102 Å². The summed E-state index contributed by atoms with van der Waals surface area (Å²) in [7, 11) is -4.65. The fourth-order valence-corrected chi connectivity index (χ4v) is 6.56.